The molecular weight excluding hydrogens is 222 g/mol. The Hall–Kier alpha value is -0.0800. The highest BCUT2D eigenvalue weighted by atomic mass is 16.3. The zero-order valence-corrected chi connectivity index (χ0v) is 11.9. The number of rotatable bonds is 4. The number of nitrogens with zero attached hydrogens (tertiary/aromatic N) is 1. The molecular formula is C16H29NO. The summed E-state index contributed by atoms with van der Waals surface area (Å²) < 4.78 is 0. The van der Waals surface area contributed by atoms with E-state index in [1.54, 1.807) is 0 Å². The fourth-order valence-electron chi connectivity index (χ4n) is 4.50. The highest BCUT2D eigenvalue weighted by Crippen LogP contribution is 2.50. The van der Waals surface area contributed by atoms with Crippen molar-refractivity contribution in [3.05, 3.63) is 0 Å². The molecule has 3 aliphatic rings. The molecule has 0 heterocycles. The summed E-state index contributed by atoms with van der Waals surface area (Å²) in [5, 5.41) is 10.0. The molecule has 0 bridgehead atoms. The van der Waals surface area contributed by atoms with Crippen molar-refractivity contribution in [2.45, 2.75) is 76.4 Å². The van der Waals surface area contributed by atoms with Gasteiger partial charge < -0.3 is 10.0 Å². The Morgan fingerprint density at radius 3 is 2.50 bits per heavy atom. The average Bonchev–Trinajstić information content (AvgIpc) is 3.09. The molecule has 3 saturated carbocycles. The number of hydrogen-bond acceptors (Lipinski definition) is 2. The van der Waals surface area contributed by atoms with Crippen molar-refractivity contribution in [1.29, 1.82) is 0 Å². The predicted octanol–water partition coefficient (Wildman–Crippen LogP) is 3.19. The first kappa shape index (κ1) is 12.9. The van der Waals surface area contributed by atoms with Crippen LogP contribution in [0.5, 0.6) is 0 Å². The molecule has 0 radical (unpaired) electrons. The molecule has 3 aliphatic carbocycles. The summed E-state index contributed by atoms with van der Waals surface area (Å²) in [6.45, 7) is 1.25. The summed E-state index contributed by atoms with van der Waals surface area (Å²) in [5.41, 5.74) is 0.567. The van der Waals surface area contributed by atoms with Crippen LogP contribution < -0.4 is 0 Å². The predicted molar refractivity (Wildman–Crippen MR) is 74.5 cm³/mol. The molecule has 0 aromatic carbocycles. The minimum absolute atomic E-state index is 0.0374. The van der Waals surface area contributed by atoms with Gasteiger partial charge in [0.2, 0.25) is 0 Å². The summed E-state index contributed by atoms with van der Waals surface area (Å²) in [4.78, 5) is 2.60. The highest BCUT2D eigenvalue weighted by molar-refractivity contribution is 4.99. The van der Waals surface area contributed by atoms with Gasteiger partial charge in [-0.15, -0.1) is 0 Å². The largest absolute Gasteiger partial charge is 0.393 e. The molecule has 2 atom stereocenters. The van der Waals surface area contributed by atoms with Crippen molar-refractivity contribution in [2.75, 3.05) is 13.6 Å². The van der Waals surface area contributed by atoms with Crippen LogP contribution in [0.15, 0.2) is 0 Å². The highest BCUT2D eigenvalue weighted by Gasteiger charge is 2.46. The molecule has 18 heavy (non-hydrogen) atoms. The van der Waals surface area contributed by atoms with Gasteiger partial charge in [-0.2, -0.15) is 0 Å². The van der Waals surface area contributed by atoms with Gasteiger partial charge in [-0.05, 0) is 63.5 Å². The third-order valence-corrected chi connectivity index (χ3v) is 5.90. The van der Waals surface area contributed by atoms with E-state index in [-0.39, 0.29) is 6.10 Å². The molecule has 0 aromatic heterocycles. The summed E-state index contributed by atoms with van der Waals surface area (Å²) >= 11 is 0. The molecule has 0 amide bonds. The van der Waals surface area contributed by atoms with E-state index >= 15 is 0 Å². The molecule has 2 unspecified atom stereocenters. The maximum atomic E-state index is 10.0. The monoisotopic (exact) mass is 251 g/mol. The Labute approximate surface area is 112 Å². The van der Waals surface area contributed by atoms with Crippen LogP contribution in [0.1, 0.15) is 64.2 Å². The average molecular weight is 251 g/mol. The lowest BCUT2D eigenvalue weighted by Gasteiger charge is -2.47. The van der Waals surface area contributed by atoms with Crippen molar-refractivity contribution in [3.8, 4) is 0 Å². The number of aliphatic hydroxyl groups excluding tert-OH is 1. The minimum atomic E-state index is -0.0374. The van der Waals surface area contributed by atoms with Gasteiger partial charge in [0.1, 0.15) is 0 Å². The Morgan fingerprint density at radius 2 is 1.83 bits per heavy atom. The molecule has 0 aliphatic heterocycles. The Bertz CT molecular complexity index is 281. The van der Waals surface area contributed by atoms with E-state index in [1.165, 1.54) is 57.9 Å². The Morgan fingerprint density at radius 1 is 1.11 bits per heavy atom. The lowest BCUT2D eigenvalue weighted by atomic mass is 9.67. The second-order valence-electron chi connectivity index (χ2n) is 7.23. The Kier molecular flexibility index (Phi) is 3.68. The van der Waals surface area contributed by atoms with Crippen LogP contribution in [0.4, 0.5) is 0 Å². The molecule has 2 heteroatoms. The summed E-state index contributed by atoms with van der Waals surface area (Å²) in [7, 11) is 2.31. The standard InChI is InChI=1S/C16H29NO/c1-17(11-7-13-4-5-13)15-12-14(18)6-10-16(15)8-2-3-9-16/h13-15,18H,2-12H2,1H3. The quantitative estimate of drug-likeness (QED) is 0.829. The maximum absolute atomic E-state index is 10.0. The second-order valence-corrected chi connectivity index (χ2v) is 7.23. The van der Waals surface area contributed by atoms with E-state index in [2.05, 4.69) is 11.9 Å². The van der Waals surface area contributed by atoms with E-state index in [1.807, 2.05) is 0 Å². The van der Waals surface area contributed by atoms with Crippen LogP contribution in [-0.2, 0) is 0 Å². The maximum Gasteiger partial charge on any atom is 0.0555 e. The van der Waals surface area contributed by atoms with Crippen molar-refractivity contribution in [2.24, 2.45) is 11.3 Å². The zero-order chi connectivity index (χ0) is 12.6. The topological polar surface area (TPSA) is 23.5 Å². The molecule has 0 saturated heterocycles. The summed E-state index contributed by atoms with van der Waals surface area (Å²) in [6, 6.07) is 0.655. The number of aliphatic hydroxyl groups is 1. The van der Waals surface area contributed by atoms with Crippen LogP contribution in [-0.4, -0.2) is 35.7 Å². The molecule has 1 spiro atoms. The van der Waals surface area contributed by atoms with Gasteiger partial charge in [0, 0.05) is 6.04 Å². The van der Waals surface area contributed by atoms with Gasteiger partial charge in [0.05, 0.1) is 6.10 Å². The van der Waals surface area contributed by atoms with E-state index in [0.29, 0.717) is 11.5 Å². The van der Waals surface area contributed by atoms with Gasteiger partial charge in [-0.3, -0.25) is 0 Å². The minimum Gasteiger partial charge on any atom is -0.393 e. The van der Waals surface area contributed by atoms with Crippen LogP contribution in [0.25, 0.3) is 0 Å². The first-order valence-corrected chi connectivity index (χ1v) is 8.08. The summed E-state index contributed by atoms with van der Waals surface area (Å²) in [6.07, 6.45) is 13.3. The van der Waals surface area contributed by atoms with Crippen molar-refractivity contribution in [3.63, 3.8) is 0 Å². The molecule has 3 fully saturated rings. The van der Waals surface area contributed by atoms with Crippen molar-refractivity contribution >= 4 is 0 Å². The molecule has 3 rings (SSSR count). The van der Waals surface area contributed by atoms with E-state index < -0.39 is 0 Å². The van der Waals surface area contributed by atoms with Gasteiger partial charge in [0.25, 0.3) is 0 Å². The molecule has 104 valence electrons. The molecule has 0 aromatic rings. The van der Waals surface area contributed by atoms with Gasteiger partial charge in [0.15, 0.2) is 0 Å². The van der Waals surface area contributed by atoms with Gasteiger partial charge >= 0.3 is 0 Å². The SMILES string of the molecule is CN(CCC1CC1)C1CC(O)CCC12CCCC2. The fraction of sp³-hybridized carbons (Fsp3) is 1.00. The van der Waals surface area contributed by atoms with Gasteiger partial charge in [-0.25, -0.2) is 0 Å². The number of hydrogen-bond donors (Lipinski definition) is 1. The third kappa shape index (κ3) is 2.60. The van der Waals surface area contributed by atoms with Crippen molar-refractivity contribution < 1.29 is 5.11 Å². The van der Waals surface area contributed by atoms with Crippen LogP contribution in [0, 0.1) is 11.3 Å². The van der Waals surface area contributed by atoms with E-state index in [4.69, 9.17) is 0 Å². The van der Waals surface area contributed by atoms with Crippen molar-refractivity contribution in [1.82, 2.24) is 4.90 Å². The fourth-order valence-corrected chi connectivity index (χ4v) is 4.50. The smallest absolute Gasteiger partial charge is 0.0555 e. The zero-order valence-electron chi connectivity index (χ0n) is 11.9. The van der Waals surface area contributed by atoms with E-state index in [9.17, 15) is 5.11 Å². The lowest BCUT2D eigenvalue weighted by Crippen LogP contribution is -2.50. The lowest BCUT2D eigenvalue weighted by molar-refractivity contribution is -0.0174. The first-order chi connectivity index (χ1) is 8.70. The van der Waals surface area contributed by atoms with Gasteiger partial charge in [-0.1, -0.05) is 25.7 Å². The second kappa shape index (κ2) is 5.13. The molecule has 1 N–H and O–H groups in total. The summed E-state index contributed by atoms with van der Waals surface area (Å²) in [5.74, 6) is 1.03. The normalized spacial score (nSPS) is 35.5. The first-order valence-electron chi connectivity index (χ1n) is 8.08. The Balaban J connectivity index is 1.64. The molecule has 2 nitrogen and oxygen atoms in total. The van der Waals surface area contributed by atoms with Crippen LogP contribution in [0.3, 0.4) is 0 Å². The third-order valence-electron chi connectivity index (χ3n) is 5.90. The van der Waals surface area contributed by atoms with Crippen LogP contribution in [0.2, 0.25) is 0 Å². The van der Waals surface area contributed by atoms with Crippen LogP contribution >= 0.6 is 0 Å². The van der Waals surface area contributed by atoms with E-state index in [0.717, 1.165) is 18.8 Å².